The number of halogens is 1. The number of benzene rings is 1. The van der Waals surface area contributed by atoms with Crippen molar-refractivity contribution in [3.05, 3.63) is 75.8 Å². The van der Waals surface area contributed by atoms with Gasteiger partial charge in [-0.1, -0.05) is 41.4 Å². The Morgan fingerprint density at radius 2 is 1.93 bits per heavy atom. The van der Waals surface area contributed by atoms with Crippen LogP contribution >= 0.6 is 23.8 Å². The van der Waals surface area contributed by atoms with Crippen LogP contribution in [0.15, 0.2) is 49.1 Å². The van der Waals surface area contributed by atoms with E-state index in [-0.39, 0.29) is 6.04 Å². The van der Waals surface area contributed by atoms with Crippen LogP contribution in [-0.4, -0.2) is 34.3 Å². The number of aromatic amines is 1. The van der Waals surface area contributed by atoms with Crippen LogP contribution in [0.5, 0.6) is 0 Å². The topological polar surface area (TPSA) is 69.2 Å². The highest BCUT2D eigenvalue weighted by Crippen LogP contribution is 2.21. The fourth-order valence-corrected chi connectivity index (χ4v) is 3.31. The molecule has 0 aliphatic rings. The molecule has 1 N–H and O–H groups in total. The molecule has 0 fully saturated rings. The van der Waals surface area contributed by atoms with Crippen molar-refractivity contribution in [2.24, 2.45) is 0 Å². The van der Waals surface area contributed by atoms with Gasteiger partial charge in [0.1, 0.15) is 6.04 Å². The fraction of sp³-hybridized carbons (Fsp3) is 0.222. The molecule has 138 valence electrons. The van der Waals surface area contributed by atoms with Gasteiger partial charge in [0.25, 0.3) is 0 Å². The second-order valence-electron chi connectivity index (χ2n) is 6.42. The van der Waals surface area contributed by atoms with Gasteiger partial charge in [-0.05, 0) is 31.6 Å². The Labute approximate surface area is 166 Å². The first-order chi connectivity index (χ1) is 13.0. The number of nitrogens with one attached hydrogen (secondary N) is 1. The zero-order valence-corrected chi connectivity index (χ0v) is 16.4. The Hall–Kier alpha value is -2.71. The van der Waals surface area contributed by atoms with Crippen LogP contribution in [0.4, 0.5) is 0 Å². The highest BCUT2D eigenvalue weighted by molar-refractivity contribution is 7.71. The summed E-state index contributed by atoms with van der Waals surface area (Å²) in [5.74, 6) is 0.731. The molecule has 0 aliphatic heterocycles. The van der Waals surface area contributed by atoms with E-state index in [1.165, 1.54) is 11.1 Å². The third kappa shape index (κ3) is 3.58. The predicted molar refractivity (Wildman–Crippen MR) is 106 cm³/mol. The van der Waals surface area contributed by atoms with Crippen molar-refractivity contribution >= 4 is 23.8 Å². The summed E-state index contributed by atoms with van der Waals surface area (Å²) in [5.41, 5.74) is 3.27. The highest BCUT2D eigenvalue weighted by atomic mass is 35.5. The zero-order valence-electron chi connectivity index (χ0n) is 14.9. The van der Waals surface area contributed by atoms with E-state index in [1.807, 2.05) is 22.4 Å². The van der Waals surface area contributed by atoms with E-state index >= 15 is 0 Å². The number of H-pyrrole nitrogens is 1. The smallest absolute Gasteiger partial charge is 0.200 e. The number of hydrogen-bond donors (Lipinski definition) is 1. The monoisotopic (exact) mass is 399 g/mol. The van der Waals surface area contributed by atoms with Crippen LogP contribution < -0.4 is 0 Å². The molecular weight excluding hydrogens is 382 g/mol. The SMILES string of the molecule is Cc1ccc(Cn2cc(-n3c([C@@H](C)n4cc(Cl)cn4)n[nH]c3=S)cn2)cc1. The summed E-state index contributed by atoms with van der Waals surface area (Å²) in [6.07, 6.45) is 7.10. The van der Waals surface area contributed by atoms with Crippen molar-refractivity contribution < 1.29 is 0 Å². The molecule has 0 amide bonds. The van der Waals surface area contributed by atoms with Gasteiger partial charge < -0.3 is 0 Å². The predicted octanol–water partition coefficient (Wildman–Crippen LogP) is 3.94. The fourth-order valence-electron chi connectivity index (χ4n) is 2.92. The van der Waals surface area contributed by atoms with Crippen LogP contribution in [-0.2, 0) is 6.54 Å². The number of hydrogen-bond acceptors (Lipinski definition) is 4. The first-order valence-corrected chi connectivity index (χ1v) is 9.25. The summed E-state index contributed by atoms with van der Waals surface area (Å²) in [6, 6.07) is 8.26. The summed E-state index contributed by atoms with van der Waals surface area (Å²) in [5, 5.41) is 16.6. The maximum absolute atomic E-state index is 5.99. The normalized spacial score (nSPS) is 12.4. The molecule has 27 heavy (non-hydrogen) atoms. The minimum absolute atomic E-state index is 0.147. The molecule has 0 unspecified atom stereocenters. The molecule has 0 radical (unpaired) electrons. The summed E-state index contributed by atoms with van der Waals surface area (Å²) in [6.45, 7) is 4.75. The average molecular weight is 400 g/mol. The third-order valence-corrected chi connectivity index (χ3v) is 4.85. The van der Waals surface area contributed by atoms with E-state index < -0.39 is 0 Å². The molecule has 3 aromatic heterocycles. The average Bonchev–Trinajstić information content (AvgIpc) is 3.36. The second-order valence-corrected chi connectivity index (χ2v) is 7.24. The Balaban J connectivity index is 1.64. The first-order valence-electron chi connectivity index (χ1n) is 8.46. The molecule has 4 aromatic rings. The summed E-state index contributed by atoms with van der Waals surface area (Å²) in [7, 11) is 0. The molecule has 0 bridgehead atoms. The minimum atomic E-state index is -0.147. The molecule has 9 heteroatoms. The molecule has 0 saturated carbocycles. The van der Waals surface area contributed by atoms with Gasteiger partial charge >= 0.3 is 0 Å². The van der Waals surface area contributed by atoms with Crippen molar-refractivity contribution in [1.82, 2.24) is 34.3 Å². The summed E-state index contributed by atoms with van der Waals surface area (Å²) < 4.78 is 6.01. The maximum atomic E-state index is 5.99. The van der Waals surface area contributed by atoms with E-state index in [2.05, 4.69) is 51.6 Å². The molecule has 0 saturated heterocycles. The van der Waals surface area contributed by atoms with Gasteiger partial charge in [-0.3, -0.25) is 19.0 Å². The van der Waals surface area contributed by atoms with Crippen molar-refractivity contribution in [3.63, 3.8) is 0 Å². The van der Waals surface area contributed by atoms with Crippen molar-refractivity contribution in [1.29, 1.82) is 0 Å². The lowest BCUT2D eigenvalue weighted by Gasteiger charge is -2.12. The molecular formula is C18H18ClN7S. The lowest BCUT2D eigenvalue weighted by molar-refractivity contribution is 0.527. The van der Waals surface area contributed by atoms with Crippen LogP contribution in [0.25, 0.3) is 5.69 Å². The lowest BCUT2D eigenvalue weighted by atomic mass is 10.1. The van der Waals surface area contributed by atoms with Crippen LogP contribution in [0.3, 0.4) is 0 Å². The van der Waals surface area contributed by atoms with Gasteiger partial charge in [-0.15, -0.1) is 0 Å². The van der Waals surface area contributed by atoms with E-state index in [4.69, 9.17) is 23.8 Å². The quantitative estimate of drug-likeness (QED) is 0.516. The lowest BCUT2D eigenvalue weighted by Crippen LogP contribution is -2.13. The van der Waals surface area contributed by atoms with Gasteiger partial charge in [0.05, 0.1) is 29.6 Å². The number of nitrogens with zero attached hydrogens (tertiary/aromatic N) is 6. The molecule has 7 nitrogen and oxygen atoms in total. The van der Waals surface area contributed by atoms with E-state index in [1.54, 1.807) is 23.3 Å². The van der Waals surface area contributed by atoms with Crippen LogP contribution in [0.2, 0.25) is 5.02 Å². The van der Waals surface area contributed by atoms with Gasteiger partial charge in [0.2, 0.25) is 0 Å². The number of aryl methyl sites for hydroxylation is 1. The molecule has 0 aliphatic carbocycles. The van der Waals surface area contributed by atoms with Crippen LogP contribution in [0.1, 0.15) is 29.9 Å². The van der Waals surface area contributed by atoms with E-state index in [0.717, 1.165) is 11.5 Å². The number of aromatic nitrogens is 7. The molecule has 4 rings (SSSR count). The summed E-state index contributed by atoms with van der Waals surface area (Å²) >= 11 is 11.4. The van der Waals surface area contributed by atoms with Gasteiger partial charge in [0.15, 0.2) is 10.6 Å². The molecule has 0 spiro atoms. The Bertz CT molecular complexity index is 1120. The second kappa shape index (κ2) is 7.13. The standard InChI is InChI=1S/C18H18ClN7S/c1-12-3-5-14(6-4-12)9-24-11-16(8-20-24)26-17(22-23-18(26)27)13(2)25-10-15(19)7-21-25/h3-8,10-11,13H,9H2,1-2H3,(H,23,27)/t13-/m1/s1. The largest absolute Gasteiger partial charge is 0.267 e. The van der Waals surface area contributed by atoms with Crippen LogP contribution in [0, 0.1) is 11.7 Å². The van der Waals surface area contributed by atoms with Gasteiger partial charge in [-0.2, -0.15) is 15.3 Å². The van der Waals surface area contributed by atoms with Gasteiger partial charge in [-0.25, -0.2) is 0 Å². The number of rotatable bonds is 5. The molecule has 1 aromatic carbocycles. The summed E-state index contributed by atoms with van der Waals surface area (Å²) in [4.78, 5) is 0. The van der Waals surface area contributed by atoms with E-state index in [9.17, 15) is 0 Å². The first kappa shape index (κ1) is 17.7. The Kier molecular flexibility index (Phi) is 4.67. The third-order valence-electron chi connectivity index (χ3n) is 4.38. The minimum Gasteiger partial charge on any atom is -0.267 e. The highest BCUT2D eigenvalue weighted by Gasteiger charge is 2.19. The van der Waals surface area contributed by atoms with Crippen molar-refractivity contribution in [2.45, 2.75) is 26.4 Å². The Morgan fingerprint density at radius 1 is 1.15 bits per heavy atom. The zero-order chi connectivity index (χ0) is 19.0. The van der Waals surface area contributed by atoms with E-state index in [0.29, 0.717) is 16.3 Å². The van der Waals surface area contributed by atoms with Crippen molar-refractivity contribution in [3.8, 4) is 5.69 Å². The molecule has 3 heterocycles. The maximum Gasteiger partial charge on any atom is 0.200 e. The Morgan fingerprint density at radius 3 is 2.63 bits per heavy atom. The molecule has 1 atom stereocenters. The van der Waals surface area contributed by atoms with Gasteiger partial charge in [0, 0.05) is 12.4 Å². The van der Waals surface area contributed by atoms with Crippen molar-refractivity contribution in [2.75, 3.05) is 0 Å².